The van der Waals surface area contributed by atoms with Crippen LogP contribution in [0.4, 0.5) is 5.69 Å². The first-order valence-corrected chi connectivity index (χ1v) is 6.95. The Hall–Kier alpha value is -1.40. The van der Waals surface area contributed by atoms with Gasteiger partial charge in [0.15, 0.2) is 0 Å². The predicted octanol–water partition coefficient (Wildman–Crippen LogP) is 2.24. The van der Waals surface area contributed by atoms with Gasteiger partial charge >= 0.3 is 11.8 Å². The summed E-state index contributed by atoms with van der Waals surface area (Å²) < 4.78 is 5.89. The van der Waals surface area contributed by atoms with Gasteiger partial charge in [0.25, 0.3) is 0 Å². The van der Waals surface area contributed by atoms with Gasteiger partial charge in [0, 0.05) is 18.1 Å². The van der Waals surface area contributed by atoms with Gasteiger partial charge in [0.1, 0.15) is 0 Å². The molecule has 0 saturated carbocycles. The average molecular weight is 343 g/mol. The molecule has 0 bridgehead atoms. The monoisotopic (exact) mass is 342 g/mol. The number of carbonyl (C=O) groups is 2. The van der Waals surface area contributed by atoms with E-state index in [2.05, 4.69) is 26.6 Å². The van der Waals surface area contributed by atoms with Gasteiger partial charge in [-0.2, -0.15) is 0 Å². The van der Waals surface area contributed by atoms with Crippen LogP contribution in [0.3, 0.4) is 0 Å². The Labute approximate surface area is 127 Å². The molecule has 0 heterocycles. The van der Waals surface area contributed by atoms with Crippen LogP contribution in [0.2, 0.25) is 0 Å². The molecule has 0 aromatic heterocycles. The summed E-state index contributed by atoms with van der Waals surface area (Å²) in [6.07, 6.45) is 0. The molecule has 1 aromatic rings. The third-order valence-corrected chi connectivity index (χ3v) is 3.50. The number of hydrogen-bond donors (Lipinski definition) is 2. The van der Waals surface area contributed by atoms with E-state index in [-0.39, 0.29) is 6.54 Å². The van der Waals surface area contributed by atoms with Gasteiger partial charge in [0.2, 0.25) is 0 Å². The summed E-state index contributed by atoms with van der Waals surface area (Å²) in [5, 5.41) is 5.10. The normalized spacial score (nSPS) is 11.1. The van der Waals surface area contributed by atoms with Gasteiger partial charge in [-0.05, 0) is 54.4 Å². The van der Waals surface area contributed by atoms with Gasteiger partial charge < -0.3 is 15.4 Å². The molecule has 1 rings (SSSR count). The van der Waals surface area contributed by atoms with E-state index in [1.165, 1.54) is 0 Å². The Bertz CT molecular complexity index is 515. The highest BCUT2D eigenvalue weighted by Crippen LogP contribution is 2.23. The molecular weight excluding hydrogens is 324 g/mol. The number of hydrogen-bond acceptors (Lipinski definition) is 3. The Balaban J connectivity index is 2.62. The summed E-state index contributed by atoms with van der Waals surface area (Å²) in [5.74, 6) is -1.40. The Morgan fingerprint density at radius 1 is 1.30 bits per heavy atom. The number of nitrogens with one attached hydrogen (secondary N) is 2. The molecule has 110 valence electrons. The Morgan fingerprint density at radius 2 is 1.95 bits per heavy atom. The number of halogens is 1. The van der Waals surface area contributed by atoms with Crippen molar-refractivity contribution in [2.75, 3.05) is 19.0 Å². The fraction of sp³-hybridized carbons (Fsp3) is 0.429. The molecule has 1 aromatic carbocycles. The number of rotatable bonds is 4. The predicted molar refractivity (Wildman–Crippen MR) is 81.6 cm³/mol. The van der Waals surface area contributed by atoms with Crippen LogP contribution in [0, 0.1) is 6.92 Å². The number of methoxy groups -OCH3 is 1. The number of anilines is 1. The lowest BCUT2D eigenvalue weighted by atomic mass is 10.1. The molecule has 0 spiro atoms. The van der Waals surface area contributed by atoms with Crippen molar-refractivity contribution in [1.29, 1.82) is 0 Å². The minimum Gasteiger partial charge on any atom is -0.377 e. The molecule has 0 unspecified atom stereocenters. The van der Waals surface area contributed by atoms with Crippen LogP contribution >= 0.6 is 15.9 Å². The number of ether oxygens (including phenoxy) is 1. The van der Waals surface area contributed by atoms with E-state index in [0.717, 1.165) is 10.0 Å². The zero-order chi connectivity index (χ0) is 15.3. The smallest absolute Gasteiger partial charge is 0.313 e. The standard InChI is InChI=1S/C14H19BrN2O3/c1-9-5-6-10(15)11(7-9)17-13(19)12(18)16-8-14(2,3)20-4/h5-7H,8H2,1-4H3,(H,16,18)(H,17,19). The molecule has 2 N–H and O–H groups in total. The maximum Gasteiger partial charge on any atom is 0.313 e. The average Bonchev–Trinajstić information content (AvgIpc) is 2.40. The lowest BCUT2D eigenvalue weighted by Crippen LogP contribution is -2.44. The van der Waals surface area contributed by atoms with Crippen LogP contribution < -0.4 is 10.6 Å². The molecular formula is C14H19BrN2O3. The molecule has 2 amide bonds. The van der Waals surface area contributed by atoms with Crippen molar-refractivity contribution in [3.8, 4) is 0 Å². The van der Waals surface area contributed by atoms with Crippen molar-refractivity contribution in [3.05, 3.63) is 28.2 Å². The highest BCUT2D eigenvalue weighted by Gasteiger charge is 2.21. The first kappa shape index (κ1) is 16.7. The topological polar surface area (TPSA) is 67.4 Å². The molecule has 0 radical (unpaired) electrons. The van der Waals surface area contributed by atoms with E-state index in [1.807, 2.05) is 32.9 Å². The van der Waals surface area contributed by atoms with Crippen LogP contribution in [-0.2, 0) is 14.3 Å². The van der Waals surface area contributed by atoms with Gasteiger partial charge in [-0.1, -0.05) is 6.07 Å². The van der Waals surface area contributed by atoms with Gasteiger partial charge in [-0.15, -0.1) is 0 Å². The van der Waals surface area contributed by atoms with Crippen molar-refractivity contribution in [2.24, 2.45) is 0 Å². The number of benzene rings is 1. The van der Waals surface area contributed by atoms with Crippen molar-refractivity contribution in [3.63, 3.8) is 0 Å². The zero-order valence-corrected chi connectivity index (χ0v) is 13.6. The van der Waals surface area contributed by atoms with E-state index in [4.69, 9.17) is 4.74 Å². The van der Waals surface area contributed by atoms with Crippen molar-refractivity contribution < 1.29 is 14.3 Å². The summed E-state index contributed by atoms with van der Waals surface area (Å²) in [6.45, 7) is 5.80. The summed E-state index contributed by atoms with van der Waals surface area (Å²) in [7, 11) is 1.55. The first-order chi connectivity index (χ1) is 9.25. The summed E-state index contributed by atoms with van der Waals surface area (Å²) >= 11 is 3.32. The van der Waals surface area contributed by atoms with E-state index in [1.54, 1.807) is 13.2 Å². The second kappa shape index (κ2) is 6.85. The van der Waals surface area contributed by atoms with Crippen molar-refractivity contribution in [2.45, 2.75) is 26.4 Å². The van der Waals surface area contributed by atoms with Gasteiger partial charge in [-0.3, -0.25) is 9.59 Å². The molecule has 0 saturated heterocycles. The van der Waals surface area contributed by atoms with E-state index < -0.39 is 17.4 Å². The zero-order valence-electron chi connectivity index (χ0n) is 12.0. The third kappa shape index (κ3) is 4.94. The largest absolute Gasteiger partial charge is 0.377 e. The SMILES string of the molecule is COC(C)(C)CNC(=O)C(=O)Nc1cc(C)ccc1Br. The van der Waals surface area contributed by atoms with Crippen LogP contribution in [0.25, 0.3) is 0 Å². The maximum atomic E-state index is 11.8. The second-order valence-electron chi connectivity index (χ2n) is 5.08. The Kier molecular flexibility index (Phi) is 5.71. The molecule has 6 heteroatoms. The maximum absolute atomic E-state index is 11.8. The van der Waals surface area contributed by atoms with E-state index in [0.29, 0.717) is 5.69 Å². The molecule has 0 atom stereocenters. The lowest BCUT2D eigenvalue weighted by molar-refractivity contribution is -0.136. The lowest BCUT2D eigenvalue weighted by Gasteiger charge is -2.22. The molecule has 0 aliphatic rings. The molecule has 0 aliphatic carbocycles. The first-order valence-electron chi connectivity index (χ1n) is 6.15. The highest BCUT2D eigenvalue weighted by atomic mass is 79.9. The van der Waals surface area contributed by atoms with E-state index in [9.17, 15) is 9.59 Å². The summed E-state index contributed by atoms with van der Waals surface area (Å²) in [5.41, 5.74) is 1.04. The summed E-state index contributed by atoms with van der Waals surface area (Å²) in [4.78, 5) is 23.5. The minimum absolute atomic E-state index is 0.255. The fourth-order valence-electron chi connectivity index (χ4n) is 1.36. The molecule has 20 heavy (non-hydrogen) atoms. The number of amides is 2. The fourth-order valence-corrected chi connectivity index (χ4v) is 1.71. The van der Waals surface area contributed by atoms with Crippen molar-refractivity contribution >= 4 is 33.4 Å². The highest BCUT2D eigenvalue weighted by molar-refractivity contribution is 9.10. The molecule has 0 fully saturated rings. The second-order valence-corrected chi connectivity index (χ2v) is 5.94. The Morgan fingerprint density at radius 3 is 2.55 bits per heavy atom. The van der Waals surface area contributed by atoms with Crippen LogP contribution in [0.15, 0.2) is 22.7 Å². The van der Waals surface area contributed by atoms with Crippen LogP contribution in [-0.4, -0.2) is 31.1 Å². The molecule has 5 nitrogen and oxygen atoms in total. The quantitative estimate of drug-likeness (QED) is 0.824. The number of carbonyl (C=O) groups excluding carboxylic acids is 2. The van der Waals surface area contributed by atoms with Gasteiger partial charge in [-0.25, -0.2) is 0 Å². The van der Waals surface area contributed by atoms with Crippen LogP contribution in [0.1, 0.15) is 19.4 Å². The third-order valence-electron chi connectivity index (χ3n) is 2.80. The minimum atomic E-state index is -0.705. The van der Waals surface area contributed by atoms with Crippen molar-refractivity contribution in [1.82, 2.24) is 5.32 Å². The molecule has 0 aliphatic heterocycles. The van der Waals surface area contributed by atoms with Crippen LogP contribution in [0.5, 0.6) is 0 Å². The van der Waals surface area contributed by atoms with Gasteiger partial charge in [0.05, 0.1) is 11.3 Å². The number of aryl methyl sites for hydroxylation is 1. The van der Waals surface area contributed by atoms with E-state index >= 15 is 0 Å². The summed E-state index contributed by atoms with van der Waals surface area (Å²) in [6, 6.07) is 5.51.